The largest absolute Gasteiger partial charge is 0.444 e. The highest BCUT2D eigenvalue weighted by atomic mass is 35.5. The molecule has 6 heteroatoms. The normalized spacial score (nSPS) is 11.7. The molecule has 0 atom stereocenters. The van der Waals surface area contributed by atoms with E-state index in [1.807, 2.05) is 45.0 Å². The number of hydrogen-bond donors (Lipinski definition) is 2. The molecule has 0 spiro atoms. The number of amides is 1. The molecule has 0 radical (unpaired) electrons. The van der Waals surface area contributed by atoms with E-state index in [1.165, 1.54) is 0 Å². The van der Waals surface area contributed by atoms with Crippen LogP contribution in [0.1, 0.15) is 26.5 Å². The van der Waals surface area contributed by atoms with Crippen LogP contribution < -0.4 is 5.32 Å². The molecule has 1 heterocycles. The van der Waals surface area contributed by atoms with Gasteiger partial charge in [0, 0.05) is 43.3 Å². The average molecular weight is 338 g/mol. The number of para-hydroxylation sites is 1. The first-order valence-corrected chi connectivity index (χ1v) is 8.05. The van der Waals surface area contributed by atoms with E-state index in [-0.39, 0.29) is 6.09 Å². The predicted octanol–water partition coefficient (Wildman–Crippen LogP) is 3.78. The van der Waals surface area contributed by atoms with Crippen molar-refractivity contribution in [3.8, 4) is 0 Å². The molecule has 0 aliphatic carbocycles. The summed E-state index contributed by atoms with van der Waals surface area (Å²) < 4.78 is 5.31. The number of rotatable bonds is 5. The molecule has 0 aliphatic heterocycles. The van der Waals surface area contributed by atoms with Gasteiger partial charge in [-0.15, -0.1) is 0 Å². The Bertz CT molecular complexity index is 676. The first kappa shape index (κ1) is 17.6. The fraction of sp³-hybridized carbons (Fsp3) is 0.471. The van der Waals surface area contributed by atoms with Crippen LogP contribution >= 0.6 is 11.6 Å². The minimum atomic E-state index is -0.476. The van der Waals surface area contributed by atoms with Gasteiger partial charge in [0.25, 0.3) is 0 Å². The monoisotopic (exact) mass is 337 g/mol. The van der Waals surface area contributed by atoms with E-state index in [2.05, 4.69) is 10.3 Å². The highest BCUT2D eigenvalue weighted by Crippen LogP contribution is 2.26. The minimum Gasteiger partial charge on any atom is -0.444 e. The molecule has 0 aliphatic rings. The summed E-state index contributed by atoms with van der Waals surface area (Å²) in [4.78, 5) is 16.7. The van der Waals surface area contributed by atoms with Gasteiger partial charge >= 0.3 is 6.09 Å². The number of hydrogen-bond acceptors (Lipinski definition) is 3. The number of ether oxygens (including phenoxy) is 1. The molecule has 5 nitrogen and oxygen atoms in total. The lowest BCUT2D eigenvalue weighted by molar-refractivity contribution is 0.0300. The van der Waals surface area contributed by atoms with Gasteiger partial charge in [0.05, 0.1) is 5.02 Å². The average Bonchev–Trinajstić information content (AvgIpc) is 2.78. The Balaban J connectivity index is 1.80. The zero-order chi connectivity index (χ0) is 17.0. The molecule has 0 bridgehead atoms. The molecule has 0 saturated heterocycles. The SMILES string of the molecule is CN(CCNCc1[nH]c2ccccc2c1Cl)C(=O)OC(C)(C)C. The molecule has 1 aromatic heterocycles. The molecule has 0 saturated carbocycles. The van der Waals surface area contributed by atoms with Gasteiger partial charge in [0.2, 0.25) is 0 Å². The Morgan fingerprint density at radius 1 is 1.35 bits per heavy atom. The molecular weight excluding hydrogens is 314 g/mol. The summed E-state index contributed by atoms with van der Waals surface area (Å²) in [5.74, 6) is 0. The summed E-state index contributed by atoms with van der Waals surface area (Å²) in [6.07, 6.45) is -0.317. The Morgan fingerprint density at radius 2 is 2.04 bits per heavy atom. The third kappa shape index (κ3) is 4.88. The van der Waals surface area contributed by atoms with Crippen LogP contribution in [0.4, 0.5) is 4.79 Å². The number of carbonyl (C=O) groups is 1. The van der Waals surface area contributed by atoms with Gasteiger partial charge in [-0.2, -0.15) is 0 Å². The number of H-pyrrole nitrogens is 1. The van der Waals surface area contributed by atoms with E-state index in [9.17, 15) is 4.79 Å². The zero-order valence-corrected chi connectivity index (χ0v) is 14.8. The second-order valence-corrected chi connectivity index (χ2v) is 6.92. The number of likely N-dealkylation sites (N-methyl/N-ethyl adjacent to an activating group) is 1. The first-order chi connectivity index (χ1) is 10.8. The van der Waals surface area contributed by atoms with Gasteiger partial charge in [0.15, 0.2) is 0 Å². The fourth-order valence-corrected chi connectivity index (χ4v) is 2.46. The second-order valence-electron chi connectivity index (χ2n) is 6.54. The topological polar surface area (TPSA) is 57.4 Å². The van der Waals surface area contributed by atoms with E-state index in [1.54, 1.807) is 11.9 Å². The molecule has 126 valence electrons. The second kappa shape index (κ2) is 7.23. The van der Waals surface area contributed by atoms with Crippen LogP contribution in [0.25, 0.3) is 10.9 Å². The maximum absolute atomic E-state index is 11.8. The lowest BCUT2D eigenvalue weighted by Gasteiger charge is -2.24. The molecule has 2 aromatic rings. The van der Waals surface area contributed by atoms with Crippen LogP contribution in [0.5, 0.6) is 0 Å². The van der Waals surface area contributed by atoms with E-state index in [0.717, 1.165) is 21.6 Å². The van der Waals surface area contributed by atoms with Crippen LogP contribution in [0, 0.1) is 0 Å². The number of carbonyl (C=O) groups excluding carboxylic acids is 1. The van der Waals surface area contributed by atoms with Gasteiger partial charge < -0.3 is 19.9 Å². The van der Waals surface area contributed by atoms with Crippen LogP contribution in [0.2, 0.25) is 5.02 Å². The fourth-order valence-electron chi connectivity index (χ4n) is 2.18. The number of fused-ring (bicyclic) bond motifs is 1. The Morgan fingerprint density at radius 3 is 2.70 bits per heavy atom. The molecule has 2 N–H and O–H groups in total. The van der Waals surface area contributed by atoms with Crippen molar-refractivity contribution < 1.29 is 9.53 Å². The van der Waals surface area contributed by atoms with Crippen molar-refractivity contribution in [2.24, 2.45) is 0 Å². The predicted molar refractivity (Wildman–Crippen MR) is 93.9 cm³/mol. The highest BCUT2D eigenvalue weighted by molar-refractivity contribution is 6.36. The summed E-state index contributed by atoms with van der Waals surface area (Å²) in [6, 6.07) is 7.94. The summed E-state index contributed by atoms with van der Waals surface area (Å²) in [5.41, 5.74) is 1.50. The molecule has 2 rings (SSSR count). The number of nitrogens with one attached hydrogen (secondary N) is 2. The molecule has 0 unspecified atom stereocenters. The van der Waals surface area contributed by atoms with Crippen LogP contribution in [0.15, 0.2) is 24.3 Å². The van der Waals surface area contributed by atoms with Gasteiger partial charge in [-0.25, -0.2) is 4.79 Å². The first-order valence-electron chi connectivity index (χ1n) is 7.68. The smallest absolute Gasteiger partial charge is 0.410 e. The summed E-state index contributed by atoms with van der Waals surface area (Å²) >= 11 is 6.37. The third-order valence-corrected chi connectivity index (χ3v) is 3.78. The standard InChI is InChI=1S/C17H24ClN3O2/c1-17(2,3)23-16(22)21(4)10-9-19-11-14-15(18)12-7-5-6-8-13(12)20-14/h5-8,19-20H,9-11H2,1-4H3. The van der Waals surface area contributed by atoms with Crippen molar-refractivity contribution >= 4 is 28.6 Å². The Hall–Kier alpha value is -1.72. The molecule has 1 amide bonds. The summed E-state index contributed by atoms with van der Waals surface area (Å²) in [5, 5.41) is 5.06. The number of benzene rings is 1. The van der Waals surface area contributed by atoms with Crippen molar-refractivity contribution in [2.45, 2.75) is 32.9 Å². The zero-order valence-electron chi connectivity index (χ0n) is 14.1. The lowest BCUT2D eigenvalue weighted by atomic mass is 10.2. The van der Waals surface area contributed by atoms with E-state index in [0.29, 0.717) is 19.6 Å². The number of halogens is 1. The van der Waals surface area contributed by atoms with E-state index in [4.69, 9.17) is 16.3 Å². The minimum absolute atomic E-state index is 0.317. The number of aromatic amines is 1. The lowest BCUT2D eigenvalue weighted by Crippen LogP contribution is -2.37. The molecule has 23 heavy (non-hydrogen) atoms. The van der Waals surface area contributed by atoms with Crippen molar-refractivity contribution in [2.75, 3.05) is 20.1 Å². The summed E-state index contributed by atoms with van der Waals surface area (Å²) in [6.45, 7) is 7.41. The molecule has 0 fully saturated rings. The molecular formula is C17H24ClN3O2. The number of nitrogens with zero attached hydrogens (tertiary/aromatic N) is 1. The van der Waals surface area contributed by atoms with Gasteiger partial charge in [0.1, 0.15) is 5.60 Å². The number of aromatic nitrogens is 1. The van der Waals surface area contributed by atoms with Crippen LogP contribution in [-0.4, -0.2) is 41.7 Å². The van der Waals surface area contributed by atoms with Crippen molar-refractivity contribution in [3.05, 3.63) is 35.0 Å². The van der Waals surface area contributed by atoms with Crippen molar-refractivity contribution in [3.63, 3.8) is 0 Å². The van der Waals surface area contributed by atoms with Gasteiger partial charge in [-0.1, -0.05) is 29.8 Å². The maximum atomic E-state index is 11.8. The summed E-state index contributed by atoms with van der Waals surface area (Å²) in [7, 11) is 1.73. The van der Waals surface area contributed by atoms with Crippen molar-refractivity contribution in [1.29, 1.82) is 0 Å². The Labute approximate surface area is 141 Å². The third-order valence-electron chi connectivity index (χ3n) is 3.34. The van der Waals surface area contributed by atoms with Gasteiger partial charge in [-0.3, -0.25) is 0 Å². The van der Waals surface area contributed by atoms with E-state index >= 15 is 0 Å². The quantitative estimate of drug-likeness (QED) is 0.816. The van der Waals surface area contributed by atoms with Crippen LogP contribution in [0.3, 0.4) is 0 Å². The van der Waals surface area contributed by atoms with Crippen LogP contribution in [-0.2, 0) is 11.3 Å². The Kier molecular flexibility index (Phi) is 5.55. The maximum Gasteiger partial charge on any atom is 0.410 e. The molecule has 1 aromatic carbocycles. The van der Waals surface area contributed by atoms with Gasteiger partial charge in [-0.05, 0) is 26.8 Å². The van der Waals surface area contributed by atoms with Crippen molar-refractivity contribution in [1.82, 2.24) is 15.2 Å². The van der Waals surface area contributed by atoms with E-state index < -0.39 is 5.60 Å². The highest BCUT2D eigenvalue weighted by Gasteiger charge is 2.19.